The van der Waals surface area contributed by atoms with E-state index in [-0.39, 0.29) is 20.7 Å². The van der Waals surface area contributed by atoms with Gasteiger partial charge in [0.1, 0.15) is 0 Å². The van der Waals surface area contributed by atoms with E-state index in [1.165, 1.54) is 19.2 Å². The minimum Gasteiger partial charge on any atom is -0.494 e. The van der Waals surface area contributed by atoms with Crippen LogP contribution in [-0.2, 0) is 0 Å². The number of hydrogen-bond acceptors (Lipinski definition) is 3. The van der Waals surface area contributed by atoms with Crippen LogP contribution in [0.1, 0.15) is 10.4 Å². The summed E-state index contributed by atoms with van der Waals surface area (Å²) in [6.45, 7) is 0. The molecule has 2 rings (SSSR count). The van der Waals surface area contributed by atoms with Crippen LogP contribution in [0.4, 0.5) is 5.69 Å². The lowest BCUT2D eigenvalue weighted by Crippen LogP contribution is -2.43. The van der Waals surface area contributed by atoms with Gasteiger partial charge in [0, 0.05) is 16.3 Å². The number of nitrogens with one attached hydrogen (secondary N) is 3. The van der Waals surface area contributed by atoms with Gasteiger partial charge in [0.05, 0.1) is 17.2 Å². The number of rotatable bonds is 3. The van der Waals surface area contributed by atoms with Crippen molar-refractivity contribution in [1.82, 2.24) is 10.9 Å². The zero-order chi connectivity index (χ0) is 17.7. The first-order chi connectivity index (χ1) is 11.4. The standard InChI is InChI=1S/C15H12Cl3N3O2S/c1-23-13-11(17)6-8(7-12(13)18)14(22)20-21-15(24)19-10-4-2-9(16)3-5-10/h2-7H,1H3,(H,20,22)(H2,19,21,24). The minimum atomic E-state index is -0.457. The van der Waals surface area contributed by atoms with Crippen LogP contribution in [-0.4, -0.2) is 18.1 Å². The summed E-state index contributed by atoms with van der Waals surface area (Å²) < 4.78 is 5.03. The van der Waals surface area contributed by atoms with Crippen molar-refractivity contribution in [2.45, 2.75) is 0 Å². The molecule has 0 aliphatic carbocycles. The number of ether oxygens (including phenoxy) is 1. The van der Waals surface area contributed by atoms with E-state index in [4.69, 9.17) is 51.8 Å². The Morgan fingerprint density at radius 1 is 1.04 bits per heavy atom. The van der Waals surface area contributed by atoms with Gasteiger partial charge < -0.3 is 10.1 Å². The number of methoxy groups -OCH3 is 1. The van der Waals surface area contributed by atoms with Crippen molar-refractivity contribution < 1.29 is 9.53 Å². The number of halogens is 3. The van der Waals surface area contributed by atoms with Crippen molar-refractivity contribution in [1.29, 1.82) is 0 Å². The monoisotopic (exact) mass is 403 g/mol. The van der Waals surface area contributed by atoms with Crippen LogP contribution in [0.5, 0.6) is 5.75 Å². The number of amides is 1. The van der Waals surface area contributed by atoms with E-state index in [0.29, 0.717) is 10.8 Å². The van der Waals surface area contributed by atoms with Crippen molar-refractivity contribution >= 4 is 63.7 Å². The predicted molar refractivity (Wildman–Crippen MR) is 101 cm³/mol. The third kappa shape index (κ3) is 4.88. The normalized spacial score (nSPS) is 10.0. The summed E-state index contributed by atoms with van der Waals surface area (Å²) >= 11 is 22.9. The van der Waals surface area contributed by atoms with Crippen LogP contribution in [0.3, 0.4) is 0 Å². The topological polar surface area (TPSA) is 62.4 Å². The van der Waals surface area contributed by atoms with Gasteiger partial charge in [-0.25, -0.2) is 0 Å². The third-order valence-electron chi connectivity index (χ3n) is 2.86. The molecule has 0 aliphatic rings. The molecule has 3 N–H and O–H groups in total. The summed E-state index contributed by atoms with van der Waals surface area (Å²) in [6, 6.07) is 9.82. The quantitative estimate of drug-likeness (QED) is 0.526. The number of anilines is 1. The minimum absolute atomic E-state index is 0.205. The number of carbonyl (C=O) groups is 1. The van der Waals surface area contributed by atoms with Gasteiger partial charge in [-0.15, -0.1) is 0 Å². The SMILES string of the molecule is COc1c(Cl)cc(C(=O)NNC(=S)Nc2ccc(Cl)cc2)cc1Cl. The second-order valence-corrected chi connectivity index (χ2v) is 6.17. The number of benzene rings is 2. The Kier molecular flexibility index (Phi) is 6.51. The second-order valence-electron chi connectivity index (χ2n) is 4.51. The van der Waals surface area contributed by atoms with Crippen LogP contribution in [0.25, 0.3) is 0 Å². The zero-order valence-corrected chi connectivity index (χ0v) is 15.4. The van der Waals surface area contributed by atoms with Crippen molar-refractivity contribution in [3.05, 3.63) is 57.0 Å². The molecule has 0 saturated carbocycles. The predicted octanol–water partition coefficient (Wildman–Crippen LogP) is 4.29. The summed E-state index contributed by atoms with van der Waals surface area (Å²) in [5.41, 5.74) is 6.01. The van der Waals surface area contributed by atoms with Crippen molar-refractivity contribution in [2.24, 2.45) is 0 Å². The summed E-state index contributed by atoms with van der Waals surface area (Å²) in [6.07, 6.45) is 0. The van der Waals surface area contributed by atoms with Gasteiger partial charge in [-0.3, -0.25) is 15.6 Å². The van der Waals surface area contributed by atoms with Gasteiger partial charge in [-0.2, -0.15) is 0 Å². The summed E-state index contributed by atoms with van der Waals surface area (Å²) in [4.78, 5) is 12.1. The Bertz CT molecular complexity index is 746. The molecule has 5 nitrogen and oxygen atoms in total. The molecular formula is C15H12Cl3N3O2S. The van der Waals surface area contributed by atoms with Gasteiger partial charge >= 0.3 is 0 Å². The van der Waals surface area contributed by atoms with E-state index in [9.17, 15) is 4.79 Å². The molecule has 0 spiro atoms. The van der Waals surface area contributed by atoms with Crippen LogP contribution < -0.4 is 20.9 Å². The molecule has 2 aromatic carbocycles. The van der Waals surface area contributed by atoms with Crippen LogP contribution in [0.15, 0.2) is 36.4 Å². The average Bonchev–Trinajstić information content (AvgIpc) is 2.54. The highest BCUT2D eigenvalue weighted by molar-refractivity contribution is 7.80. The first kappa shape index (κ1) is 18.6. The van der Waals surface area contributed by atoms with Gasteiger partial charge in [-0.05, 0) is 48.6 Å². The third-order valence-corrected chi connectivity index (χ3v) is 3.87. The molecule has 24 heavy (non-hydrogen) atoms. The van der Waals surface area contributed by atoms with E-state index in [1.54, 1.807) is 24.3 Å². The molecule has 0 atom stereocenters. The number of thiocarbonyl (C=S) groups is 1. The summed E-state index contributed by atoms with van der Waals surface area (Å²) in [5.74, 6) is -0.149. The molecule has 0 saturated heterocycles. The molecule has 0 aromatic heterocycles. The van der Waals surface area contributed by atoms with Crippen LogP contribution in [0, 0.1) is 0 Å². The maximum atomic E-state index is 12.1. The van der Waals surface area contributed by atoms with Gasteiger partial charge in [0.2, 0.25) is 0 Å². The number of carbonyl (C=O) groups excluding carboxylic acids is 1. The van der Waals surface area contributed by atoms with E-state index in [2.05, 4.69) is 16.2 Å². The zero-order valence-electron chi connectivity index (χ0n) is 12.3. The maximum absolute atomic E-state index is 12.1. The van der Waals surface area contributed by atoms with Crippen molar-refractivity contribution in [3.63, 3.8) is 0 Å². The first-order valence-electron chi connectivity index (χ1n) is 6.56. The Labute approximate surface area is 159 Å². The first-order valence-corrected chi connectivity index (χ1v) is 8.11. The van der Waals surface area contributed by atoms with Gasteiger partial charge in [0.15, 0.2) is 10.9 Å². The van der Waals surface area contributed by atoms with Crippen molar-refractivity contribution in [3.8, 4) is 5.75 Å². The Morgan fingerprint density at radius 3 is 2.17 bits per heavy atom. The highest BCUT2D eigenvalue weighted by Crippen LogP contribution is 2.33. The maximum Gasteiger partial charge on any atom is 0.269 e. The fourth-order valence-electron chi connectivity index (χ4n) is 1.77. The second kappa shape index (κ2) is 8.39. The van der Waals surface area contributed by atoms with E-state index in [1.807, 2.05) is 0 Å². The number of hydrazine groups is 1. The molecular weight excluding hydrogens is 393 g/mol. The van der Waals surface area contributed by atoms with Crippen LogP contribution in [0.2, 0.25) is 15.1 Å². The number of hydrogen-bond donors (Lipinski definition) is 3. The molecule has 9 heteroatoms. The lowest BCUT2D eigenvalue weighted by atomic mass is 10.2. The highest BCUT2D eigenvalue weighted by Gasteiger charge is 2.13. The van der Waals surface area contributed by atoms with E-state index in [0.717, 1.165) is 5.69 Å². The molecule has 0 fully saturated rings. The fourth-order valence-corrected chi connectivity index (χ4v) is 2.70. The lowest BCUT2D eigenvalue weighted by Gasteiger charge is -2.13. The molecule has 0 bridgehead atoms. The van der Waals surface area contributed by atoms with E-state index < -0.39 is 5.91 Å². The molecule has 0 radical (unpaired) electrons. The summed E-state index contributed by atoms with van der Waals surface area (Å²) in [7, 11) is 1.44. The molecule has 2 aromatic rings. The van der Waals surface area contributed by atoms with E-state index >= 15 is 0 Å². The van der Waals surface area contributed by atoms with Crippen molar-refractivity contribution in [2.75, 3.05) is 12.4 Å². The Morgan fingerprint density at radius 2 is 1.62 bits per heavy atom. The molecule has 126 valence electrons. The van der Waals surface area contributed by atoms with Gasteiger partial charge in [0.25, 0.3) is 5.91 Å². The average molecular weight is 405 g/mol. The van der Waals surface area contributed by atoms with Crippen LogP contribution >= 0.6 is 47.0 Å². The smallest absolute Gasteiger partial charge is 0.269 e. The Hall–Kier alpha value is -1.73. The molecule has 0 heterocycles. The summed E-state index contributed by atoms with van der Waals surface area (Å²) in [5, 5.41) is 4.18. The molecule has 0 unspecified atom stereocenters. The molecule has 0 aliphatic heterocycles. The van der Waals surface area contributed by atoms with Gasteiger partial charge in [-0.1, -0.05) is 34.8 Å². The Balaban J connectivity index is 1.95. The highest BCUT2D eigenvalue weighted by atomic mass is 35.5. The largest absolute Gasteiger partial charge is 0.494 e. The molecule has 1 amide bonds. The lowest BCUT2D eigenvalue weighted by molar-refractivity contribution is 0.0944. The fraction of sp³-hybridized carbons (Fsp3) is 0.0667.